The van der Waals surface area contributed by atoms with E-state index >= 15 is 0 Å². The van der Waals surface area contributed by atoms with E-state index in [-0.39, 0.29) is 43.8 Å². The Bertz CT molecular complexity index is 520. The first-order chi connectivity index (χ1) is 9.98. The van der Waals surface area contributed by atoms with E-state index in [2.05, 4.69) is 20.9 Å². The molecule has 1 saturated heterocycles. The van der Waals surface area contributed by atoms with Crippen molar-refractivity contribution in [2.75, 3.05) is 19.6 Å². The van der Waals surface area contributed by atoms with Gasteiger partial charge in [0.15, 0.2) is 0 Å². The second kappa shape index (κ2) is 9.59. The Morgan fingerprint density at radius 1 is 1.30 bits per heavy atom. The van der Waals surface area contributed by atoms with Gasteiger partial charge in [-0.15, -0.1) is 24.8 Å². The maximum Gasteiger partial charge on any atom is 0.262 e. The molecule has 0 bridgehead atoms. The van der Waals surface area contributed by atoms with Crippen LogP contribution in [0.5, 0.6) is 0 Å². The van der Waals surface area contributed by atoms with Crippen molar-refractivity contribution in [1.29, 1.82) is 0 Å². The number of carbonyl (C=O) groups is 2. The van der Waals surface area contributed by atoms with Gasteiger partial charge in [-0.05, 0) is 12.1 Å². The molecule has 2 amide bonds. The van der Waals surface area contributed by atoms with Gasteiger partial charge in [0.1, 0.15) is 0 Å². The predicted molar refractivity (Wildman–Crippen MR) is 85.4 cm³/mol. The summed E-state index contributed by atoms with van der Waals surface area (Å²) < 4.78 is 25.9. The molecule has 0 aliphatic carbocycles. The minimum Gasteiger partial charge on any atom is -0.353 e. The number of halogens is 4. The number of nitrogens with zero attached hydrogens (tertiary/aromatic N) is 1. The molecule has 3 N–H and O–H groups in total. The Kier molecular flexibility index (Phi) is 8.96. The predicted octanol–water partition coefficient (Wildman–Crippen LogP) is 0.768. The van der Waals surface area contributed by atoms with Gasteiger partial charge in [-0.1, -0.05) is 0 Å². The largest absolute Gasteiger partial charge is 0.353 e. The first kappa shape index (κ1) is 21.5. The number of rotatable bonds is 5. The van der Waals surface area contributed by atoms with Crippen LogP contribution in [0.25, 0.3) is 0 Å². The first-order valence-electron chi connectivity index (χ1n) is 6.55. The van der Waals surface area contributed by atoms with E-state index in [1.807, 2.05) is 0 Å². The van der Waals surface area contributed by atoms with Crippen LogP contribution in [0.3, 0.4) is 0 Å². The summed E-state index contributed by atoms with van der Waals surface area (Å²) in [6, 6.07) is 2.38. The number of carbonyl (C=O) groups excluding carboxylic acids is 2. The zero-order valence-corrected chi connectivity index (χ0v) is 13.7. The molecule has 0 aromatic carbocycles. The lowest BCUT2D eigenvalue weighted by Gasteiger charge is -2.11. The van der Waals surface area contributed by atoms with E-state index in [0.29, 0.717) is 5.56 Å². The maximum absolute atomic E-state index is 12.9. The number of alkyl halides is 2. The summed E-state index contributed by atoms with van der Waals surface area (Å²) in [6.07, 6.45) is 2.49. The molecule has 2 heterocycles. The molecular formula is C13H18Cl2F2N4O2. The second-order valence-corrected chi connectivity index (χ2v) is 4.78. The molecule has 0 radical (unpaired) electrons. The molecule has 1 unspecified atom stereocenters. The van der Waals surface area contributed by atoms with Crippen LogP contribution in [0, 0.1) is 0 Å². The summed E-state index contributed by atoms with van der Waals surface area (Å²) in [7, 11) is 0. The third-order valence-electron chi connectivity index (χ3n) is 3.06. The van der Waals surface area contributed by atoms with Crippen molar-refractivity contribution in [2.45, 2.75) is 18.4 Å². The summed E-state index contributed by atoms with van der Waals surface area (Å²) in [5.74, 6) is -3.62. The smallest absolute Gasteiger partial charge is 0.262 e. The van der Waals surface area contributed by atoms with E-state index < -0.39 is 30.8 Å². The zero-order chi connectivity index (χ0) is 15.3. The molecule has 130 valence electrons. The Hall–Kier alpha value is -1.51. The summed E-state index contributed by atoms with van der Waals surface area (Å²) in [5.41, 5.74) is 0.418. The highest BCUT2D eigenvalue weighted by Gasteiger charge is 2.42. The highest BCUT2D eigenvalue weighted by molar-refractivity contribution is 5.93. The van der Waals surface area contributed by atoms with Crippen molar-refractivity contribution in [2.24, 2.45) is 0 Å². The molecule has 2 rings (SSSR count). The van der Waals surface area contributed by atoms with Crippen LogP contribution < -0.4 is 16.0 Å². The van der Waals surface area contributed by atoms with E-state index in [1.165, 1.54) is 6.20 Å². The molecule has 1 aliphatic heterocycles. The van der Waals surface area contributed by atoms with Crippen LogP contribution in [-0.4, -0.2) is 48.4 Å². The number of hydrogen-bond donors (Lipinski definition) is 3. The van der Waals surface area contributed by atoms with Gasteiger partial charge in [-0.25, -0.2) is 8.78 Å². The lowest BCUT2D eigenvalue weighted by molar-refractivity contribution is -0.123. The maximum atomic E-state index is 12.9. The van der Waals surface area contributed by atoms with Crippen LogP contribution in [0.15, 0.2) is 24.5 Å². The van der Waals surface area contributed by atoms with Gasteiger partial charge in [0.05, 0.1) is 18.2 Å². The van der Waals surface area contributed by atoms with Crippen LogP contribution in [0.1, 0.15) is 16.8 Å². The molecule has 1 aliphatic rings. The van der Waals surface area contributed by atoms with Crippen molar-refractivity contribution >= 4 is 36.6 Å². The van der Waals surface area contributed by atoms with E-state index in [9.17, 15) is 18.4 Å². The number of amides is 2. The molecule has 1 aromatic heterocycles. The topological polar surface area (TPSA) is 83.1 Å². The van der Waals surface area contributed by atoms with E-state index in [1.54, 1.807) is 18.3 Å². The average Bonchev–Trinajstić information content (AvgIpc) is 2.84. The van der Waals surface area contributed by atoms with Crippen molar-refractivity contribution in [1.82, 2.24) is 20.9 Å². The van der Waals surface area contributed by atoms with Gasteiger partial charge in [0, 0.05) is 31.9 Å². The van der Waals surface area contributed by atoms with Crippen LogP contribution >= 0.6 is 24.8 Å². The minimum atomic E-state index is -2.84. The standard InChI is InChI=1S/C13H16F2N4O2.2ClH/c14-13(15)6-10(19-8-13)12(21)18-5-4-17-11(20)9-2-1-3-16-7-9;;/h1-3,7,10,19H,4-6,8H2,(H,17,20)(H,18,21);2*1H. The number of aromatic nitrogens is 1. The number of hydrogen-bond acceptors (Lipinski definition) is 4. The van der Waals surface area contributed by atoms with Crippen molar-refractivity contribution < 1.29 is 18.4 Å². The van der Waals surface area contributed by atoms with Gasteiger partial charge >= 0.3 is 0 Å². The molecule has 0 saturated carbocycles. The van der Waals surface area contributed by atoms with Crippen molar-refractivity contribution in [3.8, 4) is 0 Å². The van der Waals surface area contributed by atoms with Gasteiger partial charge in [0.25, 0.3) is 11.8 Å². The number of nitrogens with one attached hydrogen (secondary N) is 3. The van der Waals surface area contributed by atoms with Crippen molar-refractivity contribution in [3.63, 3.8) is 0 Å². The fourth-order valence-electron chi connectivity index (χ4n) is 1.98. The zero-order valence-electron chi connectivity index (χ0n) is 12.1. The van der Waals surface area contributed by atoms with Crippen LogP contribution in [-0.2, 0) is 4.79 Å². The molecule has 6 nitrogen and oxygen atoms in total. The monoisotopic (exact) mass is 370 g/mol. The highest BCUT2D eigenvalue weighted by atomic mass is 35.5. The third kappa shape index (κ3) is 6.64. The van der Waals surface area contributed by atoms with Gasteiger partial charge in [-0.3, -0.25) is 19.9 Å². The molecule has 23 heavy (non-hydrogen) atoms. The van der Waals surface area contributed by atoms with Crippen LogP contribution in [0.2, 0.25) is 0 Å². The molecule has 1 aromatic rings. The fourth-order valence-corrected chi connectivity index (χ4v) is 1.98. The van der Waals surface area contributed by atoms with Crippen LogP contribution in [0.4, 0.5) is 8.78 Å². The SMILES string of the molecule is Cl.Cl.O=C(NCCNC(=O)C1CC(F)(F)CN1)c1cccnc1. The lowest BCUT2D eigenvalue weighted by Crippen LogP contribution is -2.43. The Morgan fingerprint density at radius 2 is 2.00 bits per heavy atom. The van der Waals surface area contributed by atoms with Gasteiger partial charge in [0.2, 0.25) is 5.91 Å². The highest BCUT2D eigenvalue weighted by Crippen LogP contribution is 2.24. The average molecular weight is 371 g/mol. The summed E-state index contributed by atoms with van der Waals surface area (Å²) >= 11 is 0. The molecule has 0 spiro atoms. The second-order valence-electron chi connectivity index (χ2n) is 4.78. The summed E-state index contributed by atoms with van der Waals surface area (Å²) in [5, 5.41) is 7.57. The third-order valence-corrected chi connectivity index (χ3v) is 3.06. The number of pyridine rings is 1. The molecule has 1 atom stereocenters. The quantitative estimate of drug-likeness (QED) is 0.668. The fraction of sp³-hybridized carbons (Fsp3) is 0.462. The van der Waals surface area contributed by atoms with E-state index in [0.717, 1.165) is 0 Å². The Morgan fingerprint density at radius 3 is 2.57 bits per heavy atom. The lowest BCUT2D eigenvalue weighted by atomic mass is 10.2. The summed E-state index contributed by atoms with van der Waals surface area (Å²) in [6.45, 7) is -0.0972. The molecule has 10 heteroatoms. The van der Waals surface area contributed by atoms with E-state index in [4.69, 9.17) is 0 Å². The minimum absolute atomic E-state index is 0. The van der Waals surface area contributed by atoms with Crippen molar-refractivity contribution in [3.05, 3.63) is 30.1 Å². The normalized spacial score (nSPS) is 18.3. The molecular weight excluding hydrogens is 353 g/mol. The molecule has 1 fully saturated rings. The summed E-state index contributed by atoms with van der Waals surface area (Å²) in [4.78, 5) is 27.1. The Labute approximate surface area is 144 Å². The first-order valence-corrected chi connectivity index (χ1v) is 6.55. The Balaban J connectivity index is 0.00000242. The van der Waals surface area contributed by atoms with Gasteiger partial charge < -0.3 is 10.6 Å². The van der Waals surface area contributed by atoms with Gasteiger partial charge in [-0.2, -0.15) is 0 Å².